The number of hydrogen-bond acceptors (Lipinski definition) is 6. The zero-order valence-corrected chi connectivity index (χ0v) is 17.4. The second-order valence-corrected chi connectivity index (χ2v) is 9.33. The molecule has 1 amide bonds. The summed E-state index contributed by atoms with van der Waals surface area (Å²) in [5, 5.41) is 4.78. The van der Waals surface area contributed by atoms with E-state index in [0.717, 1.165) is 5.56 Å². The monoisotopic (exact) mass is 429 g/mol. The molecule has 4 rings (SSSR count). The first kappa shape index (κ1) is 19.4. The van der Waals surface area contributed by atoms with E-state index in [1.165, 1.54) is 29.7 Å². The van der Waals surface area contributed by atoms with Gasteiger partial charge in [-0.3, -0.25) is 9.52 Å². The SMILES string of the molecule is C[C@@H]1c2cccc(C(=O)Nc3ccc(S(=O)(=O)Nc4nccs4)cc3)c2O[C@@H]1C. The average molecular weight is 430 g/mol. The van der Waals surface area contributed by atoms with Crippen LogP contribution in [0.4, 0.5) is 10.8 Å². The Morgan fingerprint density at radius 1 is 1.14 bits per heavy atom. The Labute approximate surface area is 172 Å². The molecule has 150 valence electrons. The molecule has 0 radical (unpaired) electrons. The summed E-state index contributed by atoms with van der Waals surface area (Å²) in [5.41, 5.74) is 1.96. The lowest BCUT2D eigenvalue weighted by Crippen LogP contribution is -2.15. The highest BCUT2D eigenvalue weighted by Crippen LogP contribution is 2.40. The van der Waals surface area contributed by atoms with Crippen molar-refractivity contribution in [3.63, 3.8) is 0 Å². The molecule has 0 bridgehead atoms. The summed E-state index contributed by atoms with van der Waals surface area (Å²) in [5.74, 6) is 0.518. The number of nitrogens with one attached hydrogen (secondary N) is 2. The molecule has 2 atom stereocenters. The highest BCUT2D eigenvalue weighted by Gasteiger charge is 2.31. The van der Waals surface area contributed by atoms with Gasteiger partial charge in [0.25, 0.3) is 15.9 Å². The van der Waals surface area contributed by atoms with E-state index in [4.69, 9.17) is 4.74 Å². The molecule has 0 fully saturated rings. The largest absolute Gasteiger partial charge is 0.489 e. The predicted molar refractivity (Wildman–Crippen MR) is 112 cm³/mol. The van der Waals surface area contributed by atoms with Gasteiger partial charge < -0.3 is 10.1 Å². The molecule has 2 N–H and O–H groups in total. The van der Waals surface area contributed by atoms with Gasteiger partial charge in [-0.2, -0.15) is 0 Å². The van der Waals surface area contributed by atoms with Crippen LogP contribution in [-0.4, -0.2) is 25.4 Å². The molecule has 1 aromatic heterocycles. The first-order chi connectivity index (χ1) is 13.8. The number of rotatable bonds is 5. The number of sulfonamides is 1. The molecule has 7 nitrogen and oxygen atoms in total. The maximum atomic E-state index is 12.8. The number of carbonyl (C=O) groups excluding carboxylic acids is 1. The number of hydrogen-bond donors (Lipinski definition) is 2. The number of fused-ring (bicyclic) bond motifs is 1. The quantitative estimate of drug-likeness (QED) is 0.637. The van der Waals surface area contributed by atoms with Gasteiger partial charge in [0.2, 0.25) is 0 Å². The Bertz CT molecular complexity index is 1140. The fourth-order valence-electron chi connectivity index (χ4n) is 3.13. The maximum Gasteiger partial charge on any atom is 0.263 e. The fraction of sp³-hybridized carbons (Fsp3) is 0.200. The van der Waals surface area contributed by atoms with E-state index in [-0.39, 0.29) is 22.8 Å². The Morgan fingerprint density at radius 2 is 1.90 bits per heavy atom. The molecule has 0 saturated heterocycles. The molecule has 0 unspecified atom stereocenters. The van der Waals surface area contributed by atoms with Gasteiger partial charge in [-0.15, -0.1) is 11.3 Å². The lowest BCUT2D eigenvalue weighted by molar-refractivity contribution is 0.102. The summed E-state index contributed by atoms with van der Waals surface area (Å²) in [4.78, 5) is 16.7. The molecule has 1 aliphatic heterocycles. The van der Waals surface area contributed by atoms with Crippen LogP contribution in [0.15, 0.2) is 58.9 Å². The van der Waals surface area contributed by atoms with Gasteiger partial charge >= 0.3 is 0 Å². The summed E-state index contributed by atoms with van der Waals surface area (Å²) in [6.45, 7) is 4.04. The van der Waals surface area contributed by atoms with E-state index in [1.807, 2.05) is 19.1 Å². The topological polar surface area (TPSA) is 97.4 Å². The van der Waals surface area contributed by atoms with Crippen molar-refractivity contribution in [2.45, 2.75) is 30.8 Å². The lowest BCUT2D eigenvalue weighted by atomic mass is 9.97. The maximum absolute atomic E-state index is 12.8. The van der Waals surface area contributed by atoms with Gasteiger partial charge in [-0.05, 0) is 37.3 Å². The number of carbonyl (C=O) groups is 1. The molecule has 0 aliphatic carbocycles. The number of ether oxygens (including phenoxy) is 1. The van der Waals surface area contributed by atoms with Crippen LogP contribution in [0.5, 0.6) is 5.75 Å². The van der Waals surface area contributed by atoms with Crippen molar-refractivity contribution < 1.29 is 17.9 Å². The number of thiazole rings is 1. The van der Waals surface area contributed by atoms with Gasteiger partial charge in [0.1, 0.15) is 11.9 Å². The zero-order chi connectivity index (χ0) is 20.6. The average Bonchev–Trinajstić information content (AvgIpc) is 3.30. The van der Waals surface area contributed by atoms with Crippen LogP contribution in [0.3, 0.4) is 0 Å². The standard InChI is InChI=1S/C20H19N3O4S2/c1-12-13(2)27-18-16(12)4-3-5-17(18)19(24)22-14-6-8-15(9-7-14)29(25,26)23-20-21-10-11-28-20/h3-13H,1-2H3,(H,21,23)(H,22,24)/t12-,13+/m0/s1. The minimum absolute atomic E-state index is 0.00813. The summed E-state index contributed by atoms with van der Waals surface area (Å²) in [6.07, 6.45) is 1.53. The normalized spacial score (nSPS) is 18.0. The Hall–Kier alpha value is -2.91. The molecule has 0 spiro atoms. The summed E-state index contributed by atoms with van der Waals surface area (Å²) < 4.78 is 33.1. The fourth-order valence-corrected chi connectivity index (χ4v) is 4.92. The van der Waals surface area contributed by atoms with Crippen molar-refractivity contribution in [1.82, 2.24) is 4.98 Å². The number of benzene rings is 2. The van der Waals surface area contributed by atoms with Crippen molar-refractivity contribution in [3.8, 4) is 5.75 Å². The van der Waals surface area contributed by atoms with Crippen LogP contribution >= 0.6 is 11.3 Å². The molecular formula is C20H19N3O4S2. The third-order valence-electron chi connectivity index (χ3n) is 4.87. The first-order valence-electron chi connectivity index (χ1n) is 8.98. The van der Waals surface area contributed by atoms with Crippen LogP contribution in [0.1, 0.15) is 35.7 Å². The Balaban J connectivity index is 1.51. The lowest BCUT2D eigenvalue weighted by Gasteiger charge is -2.11. The molecule has 9 heteroatoms. The smallest absolute Gasteiger partial charge is 0.263 e. The van der Waals surface area contributed by atoms with E-state index in [2.05, 4.69) is 21.9 Å². The van der Waals surface area contributed by atoms with Crippen LogP contribution in [0.25, 0.3) is 0 Å². The van der Waals surface area contributed by atoms with E-state index in [1.54, 1.807) is 23.6 Å². The van der Waals surface area contributed by atoms with Crippen LogP contribution in [-0.2, 0) is 10.0 Å². The van der Waals surface area contributed by atoms with Gasteiger partial charge in [-0.1, -0.05) is 19.1 Å². The Kier molecular flexibility index (Phi) is 5.01. The molecule has 3 aromatic rings. The molecule has 0 saturated carbocycles. The van der Waals surface area contributed by atoms with Gasteiger partial charge in [0.15, 0.2) is 5.13 Å². The highest BCUT2D eigenvalue weighted by molar-refractivity contribution is 7.93. The first-order valence-corrected chi connectivity index (χ1v) is 11.3. The number of aromatic nitrogens is 1. The van der Waals surface area contributed by atoms with Crippen LogP contribution in [0.2, 0.25) is 0 Å². The Morgan fingerprint density at radius 3 is 2.59 bits per heavy atom. The second kappa shape index (κ2) is 7.49. The van der Waals surface area contributed by atoms with Crippen molar-refractivity contribution in [2.75, 3.05) is 10.0 Å². The molecule has 1 aliphatic rings. The number of nitrogens with zero attached hydrogens (tertiary/aromatic N) is 1. The third kappa shape index (κ3) is 3.83. The van der Waals surface area contributed by atoms with Crippen molar-refractivity contribution in [2.24, 2.45) is 0 Å². The van der Waals surface area contributed by atoms with Gasteiger partial charge in [0.05, 0.1) is 10.5 Å². The van der Waals surface area contributed by atoms with Gasteiger partial charge in [0, 0.05) is 28.7 Å². The van der Waals surface area contributed by atoms with Crippen LogP contribution in [0, 0.1) is 0 Å². The van der Waals surface area contributed by atoms with Crippen molar-refractivity contribution in [3.05, 3.63) is 65.2 Å². The number of amides is 1. The second-order valence-electron chi connectivity index (χ2n) is 6.76. The van der Waals surface area contributed by atoms with Crippen molar-refractivity contribution >= 4 is 38.1 Å². The zero-order valence-electron chi connectivity index (χ0n) is 15.7. The molecular weight excluding hydrogens is 410 g/mol. The molecule has 2 aromatic carbocycles. The molecule has 29 heavy (non-hydrogen) atoms. The van der Waals surface area contributed by atoms with E-state index in [9.17, 15) is 13.2 Å². The third-order valence-corrected chi connectivity index (χ3v) is 7.04. The summed E-state index contributed by atoms with van der Waals surface area (Å²) >= 11 is 1.19. The van der Waals surface area contributed by atoms with E-state index < -0.39 is 10.0 Å². The predicted octanol–water partition coefficient (Wildman–Crippen LogP) is 4.08. The molecule has 2 heterocycles. The van der Waals surface area contributed by atoms with E-state index >= 15 is 0 Å². The van der Waals surface area contributed by atoms with E-state index in [0.29, 0.717) is 22.1 Å². The van der Waals surface area contributed by atoms with Crippen molar-refractivity contribution in [1.29, 1.82) is 0 Å². The minimum atomic E-state index is -3.74. The summed E-state index contributed by atoms with van der Waals surface area (Å²) in [7, 11) is -3.74. The van der Waals surface area contributed by atoms with Crippen LogP contribution < -0.4 is 14.8 Å². The summed E-state index contributed by atoms with van der Waals surface area (Å²) in [6, 6.07) is 11.5. The minimum Gasteiger partial charge on any atom is -0.489 e. The van der Waals surface area contributed by atoms with Gasteiger partial charge in [-0.25, -0.2) is 13.4 Å². The number of anilines is 2. The number of para-hydroxylation sites is 1. The highest BCUT2D eigenvalue weighted by atomic mass is 32.2.